The summed E-state index contributed by atoms with van der Waals surface area (Å²) in [7, 11) is 0.466. The van der Waals surface area contributed by atoms with Gasteiger partial charge in [0.15, 0.2) is 0 Å². The number of hydrogen-bond acceptors (Lipinski definition) is 5. The van der Waals surface area contributed by atoms with Gasteiger partial charge < -0.3 is 15.4 Å². The van der Waals surface area contributed by atoms with Crippen molar-refractivity contribution in [3.8, 4) is 5.75 Å². The first-order valence-electron chi connectivity index (χ1n) is 6.75. The summed E-state index contributed by atoms with van der Waals surface area (Å²) in [6.07, 6.45) is 0. The molecule has 0 heterocycles. The topological polar surface area (TPSA) is 84.7 Å². The van der Waals surface area contributed by atoms with E-state index in [-0.39, 0.29) is 17.9 Å². The van der Waals surface area contributed by atoms with Gasteiger partial charge in [0, 0.05) is 23.8 Å². The zero-order valence-electron chi connectivity index (χ0n) is 13.1. The highest BCUT2D eigenvalue weighted by Crippen LogP contribution is 2.14. The van der Waals surface area contributed by atoms with Crippen LogP contribution in [0, 0.1) is 0 Å². The van der Waals surface area contributed by atoms with Crippen LogP contribution in [0.25, 0.3) is 0 Å². The average Bonchev–Trinajstić information content (AvgIpc) is 2.36. The normalized spacial score (nSPS) is 12.6. The first kappa shape index (κ1) is 17.7. The van der Waals surface area contributed by atoms with E-state index in [1.807, 2.05) is 32.8 Å². The Morgan fingerprint density at radius 3 is 2.57 bits per heavy atom. The van der Waals surface area contributed by atoms with Crippen molar-refractivity contribution in [1.82, 2.24) is 9.62 Å². The van der Waals surface area contributed by atoms with E-state index in [9.17, 15) is 8.42 Å². The highest BCUT2D eigenvalue weighted by Gasteiger charge is 2.23. The SMILES string of the molecule is CN(C)C(C)(C)CNS(=O)(=O)CCOc1cccc(N)c1. The Bertz CT molecular complexity index is 556. The van der Waals surface area contributed by atoms with Gasteiger partial charge in [-0.25, -0.2) is 13.1 Å². The van der Waals surface area contributed by atoms with Crippen LogP contribution < -0.4 is 15.2 Å². The van der Waals surface area contributed by atoms with Crippen LogP contribution >= 0.6 is 0 Å². The highest BCUT2D eigenvalue weighted by molar-refractivity contribution is 7.89. The van der Waals surface area contributed by atoms with E-state index in [1.165, 1.54) is 0 Å². The van der Waals surface area contributed by atoms with Crippen molar-refractivity contribution in [3.05, 3.63) is 24.3 Å². The Hall–Kier alpha value is -1.31. The number of nitrogens with two attached hydrogens (primary N) is 1. The number of nitrogens with zero attached hydrogens (tertiary/aromatic N) is 1. The van der Waals surface area contributed by atoms with E-state index in [4.69, 9.17) is 10.5 Å². The summed E-state index contributed by atoms with van der Waals surface area (Å²) in [6, 6.07) is 6.91. The summed E-state index contributed by atoms with van der Waals surface area (Å²) < 4.78 is 31.8. The molecule has 0 radical (unpaired) electrons. The van der Waals surface area contributed by atoms with Gasteiger partial charge in [-0.3, -0.25) is 0 Å². The van der Waals surface area contributed by atoms with Crippen LogP contribution in [-0.4, -0.2) is 51.9 Å². The summed E-state index contributed by atoms with van der Waals surface area (Å²) in [6.45, 7) is 4.37. The summed E-state index contributed by atoms with van der Waals surface area (Å²) in [5.41, 5.74) is 5.96. The molecule has 0 amide bonds. The molecular formula is C14H25N3O3S. The van der Waals surface area contributed by atoms with Crippen LogP contribution in [0.5, 0.6) is 5.75 Å². The maximum Gasteiger partial charge on any atom is 0.215 e. The van der Waals surface area contributed by atoms with Gasteiger partial charge in [-0.2, -0.15) is 0 Å². The Kier molecular flexibility index (Phi) is 6.00. The number of hydrogen-bond donors (Lipinski definition) is 2. The summed E-state index contributed by atoms with van der Waals surface area (Å²) in [5.74, 6) is 0.476. The van der Waals surface area contributed by atoms with Crippen LogP contribution in [0.3, 0.4) is 0 Å². The third-order valence-electron chi connectivity index (χ3n) is 3.41. The molecule has 0 saturated heterocycles. The lowest BCUT2D eigenvalue weighted by Crippen LogP contribution is -2.48. The number of ether oxygens (including phenoxy) is 1. The molecule has 1 rings (SSSR count). The van der Waals surface area contributed by atoms with E-state index in [0.29, 0.717) is 18.0 Å². The first-order valence-corrected chi connectivity index (χ1v) is 8.41. The summed E-state index contributed by atoms with van der Waals surface area (Å²) in [4.78, 5) is 1.97. The quantitative estimate of drug-likeness (QED) is 0.697. The van der Waals surface area contributed by atoms with Crippen molar-refractivity contribution >= 4 is 15.7 Å². The smallest absolute Gasteiger partial charge is 0.215 e. The molecule has 3 N–H and O–H groups in total. The van der Waals surface area contributed by atoms with Gasteiger partial charge in [-0.1, -0.05) is 6.07 Å². The van der Waals surface area contributed by atoms with Crippen molar-refractivity contribution in [2.24, 2.45) is 0 Å². The van der Waals surface area contributed by atoms with Crippen molar-refractivity contribution in [3.63, 3.8) is 0 Å². The molecule has 0 bridgehead atoms. The maximum absolute atomic E-state index is 11.9. The number of nitrogens with one attached hydrogen (secondary N) is 1. The van der Waals surface area contributed by atoms with Crippen LogP contribution in [-0.2, 0) is 10.0 Å². The number of nitrogen functional groups attached to an aromatic ring is 1. The lowest BCUT2D eigenvalue weighted by atomic mass is 10.1. The number of likely N-dealkylation sites (N-methyl/N-ethyl adjacent to an activating group) is 1. The minimum Gasteiger partial charge on any atom is -0.492 e. The first-order chi connectivity index (χ1) is 9.62. The molecule has 0 aromatic heterocycles. The van der Waals surface area contributed by atoms with Gasteiger partial charge >= 0.3 is 0 Å². The molecule has 0 spiro atoms. The summed E-state index contributed by atoms with van der Waals surface area (Å²) >= 11 is 0. The minimum absolute atomic E-state index is 0.0845. The molecule has 0 unspecified atom stereocenters. The molecule has 1 aromatic carbocycles. The van der Waals surface area contributed by atoms with E-state index >= 15 is 0 Å². The Labute approximate surface area is 127 Å². The van der Waals surface area contributed by atoms with Gasteiger partial charge in [0.1, 0.15) is 12.4 Å². The van der Waals surface area contributed by atoms with Crippen LogP contribution in [0.4, 0.5) is 5.69 Å². The molecule has 0 fully saturated rings. The van der Waals surface area contributed by atoms with E-state index < -0.39 is 10.0 Å². The third kappa shape index (κ3) is 6.33. The molecule has 0 saturated carbocycles. The number of rotatable bonds is 8. The predicted molar refractivity (Wildman–Crippen MR) is 85.9 cm³/mol. The van der Waals surface area contributed by atoms with Gasteiger partial charge in [-0.05, 0) is 40.1 Å². The monoisotopic (exact) mass is 315 g/mol. The van der Waals surface area contributed by atoms with Crippen LogP contribution in [0.2, 0.25) is 0 Å². The fourth-order valence-electron chi connectivity index (χ4n) is 1.39. The lowest BCUT2D eigenvalue weighted by molar-refractivity contribution is 0.198. The van der Waals surface area contributed by atoms with Crippen molar-refractivity contribution in [1.29, 1.82) is 0 Å². The molecule has 1 aromatic rings. The molecule has 6 nitrogen and oxygen atoms in total. The fraction of sp³-hybridized carbons (Fsp3) is 0.571. The Morgan fingerprint density at radius 2 is 2.00 bits per heavy atom. The van der Waals surface area contributed by atoms with Crippen LogP contribution in [0.1, 0.15) is 13.8 Å². The highest BCUT2D eigenvalue weighted by atomic mass is 32.2. The van der Waals surface area contributed by atoms with E-state index in [1.54, 1.807) is 24.3 Å². The molecule has 7 heteroatoms. The molecule has 120 valence electrons. The van der Waals surface area contributed by atoms with Crippen molar-refractivity contribution < 1.29 is 13.2 Å². The van der Waals surface area contributed by atoms with Crippen LogP contribution in [0.15, 0.2) is 24.3 Å². The molecule has 0 aliphatic carbocycles. The molecule has 0 aliphatic rings. The van der Waals surface area contributed by atoms with Gasteiger partial charge in [0.05, 0.1) is 5.75 Å². The Balaban J connectivity index is 2.43. The average molecular weight is 315 g/mol. The number of sulfonamides is 1. The van der Waals surface area contributed by atoms with Gasteiger partial charge in [-0.15, -0.1) is 0 Å². The molecular weight excluding hydrogens is 290 g/mol. The third-order valence-corrected chi connectivity index (χ3v) is 4.70. The minimum atomic E-state index is -3.36. The number of benzene rings is 1. The molecule has 0 atom stereocenters. The van der Waals surface area contributed by atoms with E-state index in [2.05, 4.69) is 4.72 Å². The lowest BCUT2D eigenvalue weighted by Gasteiger charge is -2.32. The van der Waals surface area contributed by atoms with Crippen molar-refractivity contribution in [2.75, 3.05) is 38.7 Å². The molecule has 21 heavy (non-hydrogen) atoms. The Morgan fingerprint density at radius 1 is 1.33 bits per heavy atom. The summed E-state index contributed by atoms with van der Waals surface area (Å²) in [5, 5.41) is 0. The second-order valence-electron chi connectivity index (χ2n) is 5.77. The second kappa shape index (κ2) is 7.11. The van der Waals surface area contributed by atoms with Crippen molar-refractivity contribution in [2.45, 2.75) is 19.4 Å². The predicted octanol–water partition coefficient (Wildman–Crippen LogP) is 0.907. The molecule has 0 aliphatic heterocycles. The zero-order chi connectivity index (χ0) is 16.1. The van der Waals surface area contributed by atoms with Gasteiger partial charge in [0.2, 0.25) is 10.0 Å². The van der Waals surface area contributed by atoms with Gasteiger partial charge in [0.25, 0.3) is 0 Å². The number of anilines is 1. The standard InChI is InChI=1S/C14H25N3O3S/c1-14(2,17(3)4)11-16-21(18,19)9-8-20-13-7-5-6-12(15)10-13/h5-7,10,16H,8-9,11,15H2,1-4H3. The largest absolute Gasteiger partial charge is 0.492 e. The zero-order valence-corrected chi connectivity index (χ0v) is 13.9. The second-order valence-corrected chi connectivity index (χ2v) is 7.69. The fourth-order valence-corrected chi connectivity index (χ4v) is 2.41. The maximum atomic E-state index is 11.9. The van der Waals surface area contributed by atoms with E-state index in [0.717, 1.165) is 0 Å².